The highest BCUT2D eigenvalue weighted by Gasteiger charge is 2.19. The van der Waals surface area contributed by atoms with Gasteiger partial charge >= 0.3 is 0 Å². The Morgan fingerprint density at radius 3 is 2.52 bits per heavy atom. The summed E-state index contributed by atoms with van der Waals surface area (Å²) < 4.78 is 29.5. The first-order chi connectivity index (χ1) is 12.0. The van der Waals surface area contributed by atoms with Gasteiger partial charge in [-0.3, -0.25) is 4.79 Å². The van der Waals surface area contributed by atoms with E-state index < -0.39 is 6.10 Å². The summed E-state index contributed by atoms with van der Waals surface area (Å²) in [6.45, 7) is 2.68. The summed E-state index contributed by atoms with van der Waals surface area (Å²) in [5, 5.41) is 3.05. The summed E-state index contributed by atoms with van der Waals surface area (Å²) in [6.07, 6.45) is -0.0196. The summed E-state index contributed by atoms with van der Waals surface area (Å²) in [6, 6.07) is 8.69. The maximum Gasteiger partial charge on any atom is 0.265 e. The molecular formula is C18H17ClFNO4. The summed E-state index contributed by atoms with van der Waals surface area (Å²) >= 11 is 6.21. The SMILES string of the molecule is CC(Oc1ccc(F)cc1)C(=O)Nc1cc2c(cc1Cl)OCCCO2. The standard InChI is InChI=1S/C18H17ClFNO4/c1-11(25-13-5-3-12(20)4-6-13)18(22)21-15-10-17-16(9-14(15)19)23-7-2-8-24-17/h3-6,9-11H,2,7-8H2,1H3,(H,21,22). The van der Waals surface area contributed by atoms with Gasteiger partial charge in [0.2, 0.25) is 0 Å². The number of benzene rings is 2. The molecular weight excluding hydrogens is 349 g/mol. The first-order valence-corrected chi connectivity index (χ1v) is 8.23. The molecule has 7 heteroatoms. The third-order valence-corrected chi connectivity index (χ3v) is 3.90. The minimum Gasteiger partial charge on any atom is -0.490 e. The highest BCUT2D eigenvalue weighted by Crippen LogP contribution is 2.37. The van der Waals surface area contributed by atoms with Crippen molar-refractivity contribution in [3.63, 3.8) is 0 Å². The van der Waals surface area contributed by atoms with Gasteiger partial charge in [0.25, 0.3) is 5.91 Å². The lowest BCUT2D eigenvalue weighted by Gasteiger charge is -2.16. The predicted octanol–water partition coefficient (Wildman–Crippen LogP) is 4.05. The molecule has 0 aromatic heterocycles. The molecule has 3 rings (SSSR count). The van der Waals surface area contributed by atoms with Gasteiger partial charge in [-0.15, -0.1) is 0 Å². The topological polar surface area (TPSA) is 56.8 Å². The monoisotopic (exact) mass is 365 g/mol. The molecule has 2 aromatic carbocycles. The highest BCUT2D eigenvalue weighted by atomic mass is 35.5. The van der Waals surface area contributed by atoms with Gasteiger partial charge in [-0.05, 0) is 31.2 Å². The smallest absolute Gasteiger partial charge is 0.265 e. The van der Waals surface area contributed by atoms with Crippen LogP contribution in [0.3, 0.4) is 0 Å². The minimum absolute atomic E-state index is 0.339. The number of carbonyl (C=O) groups is 1. The lowest BCUT2D eigenvalue weighted by molar-refractivity contribution is -0.122. The lowest BCUT2D eigenvalue weighted by atomic mass is 10.2. The minimum atomic E-state index is -0.794. The molecule has 0 aliphatic carbocycles. The van der Waals surface area contributed by atoms with Gasteiger partial charge in [0.1, 0.15) is 11.6 Å². The van der Waals surface area contributed by atoms with E-state index in [-0.39, 0.29) is 11.7 Å². The van der Waals surface area contributed by atoms with Gasteiger partial charge in [-0.25, -0.2) is 4.39 Å². The number of carbonyl (C=O) groups excluding carboxylic acids is 1. The van der Waals surface area contributed by atoms with Crippen LogP contribution in [-0.4, -0.2) is 25.2 Å². The average molecular weight is 366 g/mol. The molecule has 1 aliphatic heterocycles. The second-order valence-electron chi connectivity index (χ2n) is 5.53. The summed E-state index contributed by atoms with van der Waals surface area (Å²) in [4.78, 5) is 12.3. The zero-order valence-electron chi connectivity index (χ0n) is 13.6. The fourth-order valence-electron chi connectivity index (χ4n) is 2.28. The second kappa shape index (κ2) is 7.61. The van der Waals surface area contributed by atoms with Crippen LogP contribution in [0, 0.1) is 5.82 Å². The Balaban J connectivity index is 1.69. The van der Waals surface area contributed by atoms with Gasteiger partial charge in [0.05, 0.1) is 23.9 Å². The fourth-order valence-corrected chi connectivity index (χ4v) is 2.49. The van der Waals surface area contributed by atoms with Crippen LogP contribution in [-0.2, 0) is 4.79 Å². The normalized spacial score (nSPS) is 14.4. The van der Waals surface area contributed by atoms with Crippen LogP contribution >= 0.6 is 11.6 Å². The Morgan fingerprint density at radius 2 is 1.84 bits per heavy atom. The number of rotatable bonds is 4. The van der Waals surface area contributed by atoms with Gasteiger partial charge in [-0.2, -0.15) is 0 Å². The number of hydrogen-bond donors (Lipinski definition) is 1. The quantitative estimate of drug-likeness (QED) is 0.888. The van der Waals surface area contributed by atoms with E-state index in [1.54, 1.807) is 19.1 Å². The number of hydrogen-bond acceptors (Lipinski definition) is 4. The average Bonchev–Trinajstić information content (AvgIpc) is 2.82. The first-order valence-electron chi connectivity index (χ1n) is 7.85. The predicted molar refractivity (Wildman–Crippen MR) is 92.2 cm³/mol. The van der Waals surface area contributed by atoms with Crippen molar-refractivity contribution in [3.8, 4) is 17.2 Å². The van der Waals surface area contributed by atoms with E-state index in [4.69, 9.17) is 25.8 Å². The van der Waals surface area contributed by atoms with Crippen LogP contribution in [0.5, 0.6) is 17.2 Å². The van der Waals surface area contributed by atoms with Crippen LogP contribution in [0.2, 0.25) is 5.02 Å². The summed E-state index contributed by atoms with van der Waals surface area (Å²) in [5.74, 6) is 0.721. The molecule has 2 aromatic rings. The van der Waals surface area contributed by atoms with Crippen LogP contribution in [0.25, 0.3) is 0 Å². The van der Waals surface area contributed by atoms with Crippen molar-refractivity contribution in [1.82, 2.24) is 0 Å². The first kappa shape index (κ1) is 17.4. The second-order valence-corrected chi connectivity index (χ2v) is 5.94. The third-order valence-electron chi connectivity index (χ3n) is 3.59. The van der Waals surface area contributed by atoms with E-state index in [0.717, 1.165) is 6.42 Å². The Morgan fingerprint density at radius 1 is 1.20 bits per heavy atom. The Kier molecular flexibility index (Phi) is 5.28. The third kappa shape index (κ3) is 4.33. The molecule has 1 amide bonds. The molecule has 0 radical (unpaired) electrons. The van der Waals surface area contributed by atoms with Crippen LogP contribution in [0.15, 0.2) is 36.4 Å². The Labute approximate surface area is 149 Å². The fraction of sp³-hybridized carbons (Fsp3) is 0.278. The summed E-state index contributed by atoms with van der Waals surface area (Å²) in [7, 11) is 0. The van der Waals surface area contributed by atoms with E-state index in [9.17, 15) is 9.18 Å². The van der Waals surface area contributed by atoms with Crippen molar-refractivity contribution >= 4 is 23.2 Å². The molecule has 25 heavy (non-hydrogen) atoms. The van der Waals surface area contributed by atoms with Gasteiger partial charge in [0.15, 0.2) is 17.6 Å². The van der Waals surface area contributed by atoms with Gasteiger partial charge < -0.3 is 19.5 Å². The molecule has 1 N–H and O–H groups in total. The number of anilines is 1. The molecule has 0 bridgehead atoms. The number of fused-ring (bicyclic) bond motifs is 1. The van der Waals surface area contributed by atoms with Crippen molar-refractivity contribution in [2.24, 2.45) is 0 Å². The number of halogens is 2. The van der Waals surface area contributed by atoms with Crippen molar-refractivity contribution < 1.29 is 23.4 Å². The number of amides is 1. The molecule has 1 unspecified atom stereocenters. The molecule has 5 nitrogen and oxygen atoms in total. The van der Waals surface area contributed by atoms with Gasteiger partial charge in [-0.1, -0.05) is 11.6 Å². The molecule has 1 aliphatic rings. The van der Waals surface area contributed by atoms with E-state index >= 15 is 0 Å². The Hall–Kier alpha value is -2.47. The largest absolute Gasteiger partial charge is 0.490 e. The number of nitrogens with one attached hydrogen (secondary N) is 1. The van der Waals surface area contributed by atoms with E-state index in [2.05, 4.69) is 5.32 Å². The zero-order chi connectivity index (χ0) is 17.8. The summed E-state index contributed by atoms with van der Waals surface area (Å²) in [5.41, 5.74) is 0.408. The lowest BCUT2D eigenvalue weighted by Crippen LogP contribution is -2.30. The zero-order valence-corrected chi connectivity index (χ0v) is 14.3. The molecule has 1 atom stereocenters. The van der Waals surface area contributed by atoms with Crippen molar-refractivity contribution in [3.05, 3.63) is 47.2 Å². The molecule has 0 spiro atoms. The maximum atomic E-state index is 12.9. The van der Waals surface area contributed by atoms with Crippen LogP contribution < -0.4 is 19.5 Å². The van der Waals surface area contributed by atoms with Crippen molar-refractivity contribution in [2.45, 2.75) is 19.4 Å². The molecule has 0 saturated carbocycles. The van der Waals surface area contributed by atoms with Crippen LogP contribution in [0.4, 0.5) is 10.1 Å². The van der Waals surface area contributed by atoms with Crippen molar-refractivity contribution in [2.75, 3.05) is 18.5 Å². The molecule has 0 fully saturated rings. The molecule has 132 valence electrons. The number of ether oxygens (including phenoxy) is 3. The molecule has 1 heterocycles. The molecule has 0 saturated heterocycles. The Bertz CT molecular complexity index is 766. The van der Waals surface area contributed by atoms with Crippen molar-refractivity contribution in [1.29, 1.82) is 0 Å². The maximum absolute atomic E-state index is 12.9. The van der Waals surface area contributed by atoms with Gasteiger partial charge in [0, 0.05) is 18.6 Å². The van der Waals surface area contributed by atoms with E-state index in [0.29, 0.717) is 41.2 Å². The van der Waals surface area contributed by atoms with Crippen LogP contribution in [0.1, 0.15) is 13.3 Å². The highest BCUT2D eigenvalue weighted by molar-refractivity contribution is 6.34. The van der Waals surface area contributed by atoms with E-state index in [1.165, 1.54) is 24.3 Å². The van der Waals surface area contributed by atoms with E-state index in [1.807, 2.05) is 0 Å².